The minimum Gasteiger partial charge on any atom is -0.492 e. The van der Waals surface area contributed by atoms with Gasteiger partial charge in [-0.1, -0.05) is 17.7 Å². The summed E-state index contributed by atoms with van der Waals surface area (Å²) in [4.78, 5) is 0. The highest BCUT2D eigenvalue weighted by molar-refractivity contribution is 5.48. The Kier molecular flexibility index (Phi) is 4.32. The van der Waals surface area contributed by atoms with E-state index in [1.807, 2.05) is 0 Å². The normalized spacial score (nSPS) is 22.1. The van der Waals surface area contributed by atoms with Gasteiger partial charge in [0.2, 0.25) is 5.79 Å². The Balaban J connectivity index is 2.56. The third kappa shape index (κ3) is 2.30. The maximum absolute atomic E-state index is 5.61. The monoisotopic (exact) mass is 266 g/mol. The van der Waals surface area contributed by atoms with Crippen LogP contribution in [0.2, 0.25) is 0 Å². The molecule has 0 heterocycles. The molecule has 0 fully saturated rings. The van der Waals surface area contributed by atoms with Crippen LogP contribution in [-0.4, -0.2) is 34.2 Å². The highest BCUT2D eigenvalue weighted by Gasteiger charge is 2.44. The van der Waals surface area contributed by atoms with E-state index in [9.17, 15) is 0 Å². The number of allylic oxidation sites excluding steroid dienone is 2. The van der Waals surface area contributed by atoms with Crippen molar-refractivity contribution in [3.63, 3.8) is 0 Å². The number of hydrogen-bond donors (Lipinski definition) is 0. The van der Waals surface area contributed by atoms with Gasteiger partial charge in [0.05, 0.1) is 14.2 Å². The second-order valence-electron chi connectivity index (χ2n) is 4.72. The molecule has 0 N–H and O–H groups in total. The fourth-order valence-corrected chi connectivity index (χ4v) is 2.83. The zero-order valence-electron chi connectivity index (χ0n) is 12.1. The van der Waals surface area contributed by atoms with Crippen LogP contribution in [0.5, 0.6) is 0 Å². The summed E-state index contributed by atoms with van der Waals surface area (Å²) in [6.45, 7) is 0. The molecule has 0 saturated carbocycles. The predicted molar refractivity (Wildman–Crippen MR) is 72.4 cm³/mol. The van der Waals surface area contributed by atoms with Crippen molar-refractivity contribution >= 4 is 0 Å². The lowest BCUT2D eigenvalue weighted by atomic mass is 9.88. The van der Waals surface area contributed by atoms with E-state index >= 15 is 0 Å². The van der Waals surface area contributed by atoms with E-state index in [4.69, 9.17) is 18.9 Å². The molecule has 4 heteroatoms. The summed E-state index contributed by atoms with van der Waals surface area (Å²) in [5.41, 5.74) is 2.41. The summed E-state index contributed by atoms with van der Waals surface area (Å²) in [6.07, 6.45) is 8.23. The van der Waals surface area contributed by atoms with Crippen LogP contribution in [0.3, 0.4) is 0 Å². The molecule has 106 valence electrons. The van der Waals surface area contributed by atoms with Gasteiger partial charge in [0, 0.05) is 26.2 Å². The summed E-state index contributed by atoms with van der Waals surface area (Å²) in [6, 6.07) is 0. The first-order valence-electron chi connectivity index (χ1n) is 6.54. The molecule has 0 atom stereocenters. The van der Waals surface area contributed by atoms with Crippen LogP contribution in [0.4, 0.5) is 0 Å². The second kappa shape index (κ2) is 5.80. The molecule has 4 nitrogen and oxygen atoms in total. The van der Waals surface area contributed by atoms with Crippen molar-refractivity contribution in [1.82, 2.24) is 0 Å². The molecule has 2 aliphatic carbocycles. The van der Waals surface area contributed by atoms with Gasteiger partial charge in [0.1, 0.15) is 0 Å². The summed E-state index contributed by atoms with van der Waals surface area (Å²) in [5.74, 6) is 0.438. The molecule has 2 aliphatic rings. The van der Waals surface area contributed by atoms with Crippen LogP contribution >= 0.6 is 0 Å². The Labute approximate surface area is 114 Å². The van der Waals surface area contributed by atoms with Gasteiger partial charge in [-0.25, -0.2) is 0 Å². The third-order valence-corrected chi connectivity index (χ3v) is 3.83. The molecule has 0 bridgehead atoms. The Bertz CT molecular complexity index is 427. The molecular formula is C15H22O4. The number of rotatable bonds is 4. The molecule has 0 aromatic rings. The van der Waals surface area contributed by atoms with Crippen molar-refractivity contribution in [3.05, 3.63) is 34.8 Å². The van der Waals surface area contributed by atoms with E-state index in [2.05, 4.69) is 12.2 Å². The van der Waals surface area contributed by atoms with Gasteiger partial charge < -0.3 is 18.9 Å². The molecule has 0 aromatic heterocycles. The van der Waals surface area contributed by atoms with E-state index < -0.39 is 5.79 Å². The van der Waals surface area contributed by atoms with Gasteiger partial charge in [-0.05, 0) is 19.3 Å². The van der Waals surface area contributed by atoms with Crippen LogP contribution in [0.25, 0.3) is 0 Å². The van der Waals surface area contributed by atoms with E-state index in [1.165, 1.54) is 5.57 Å². The van der Waals surface area contributed by atoms with Crippen LogP contribution in [0.1, 0.15) is 25.7 Å². The fraction of sp³-hybridized carbons (Fsp3) is 0.600. The zero-order chi connectivity index (χ0) is 13.9. The Hall–Kier alpha value is -1.26. The topological polar surface area (TPSA) is 36.9 Å². The molecule has 0 spiro atoms. The van der Waals surface area contributed by atoms with Gasteiger partial charge in [0.25, 0.3) is 0 Å². The first-order valence-corrected chi connectivity index (χ1v) is 6.54. The van der Waals surface area contributed by atoms with Crippen LogP contribution in [0, 0.1) is 0 Å². The third-order valence-electron chi connectivity index (χ3n) is 3.83. The van der Waals surface area contributed by atoms with Crippen molar-refractivity contribution in [2.75, 3.05) is 28.4 Å². The maximum atomic E-state index is 5.61. The Morgan fingerprint density at radius 1 is 1.05 bits per heavy atom. The number of methoxy groups -OCH3 is 4. The van der Waals surface area contributed by atoms with Gasteiger partial charge in [0.15, 0.2) is 11.5 Å². The highest BCUT2D eigenvalue weighted by atomic mass is 16.7. The number of hydrogen-bond acceptors (Lipinski definition) is 4. The molecule has 0 unspecified atom stereocenters. The minimum absolute atomic E-state index is 0.602. The van der Waals surface area contributed by atoms with Gasteiger partial charge >= 0.3 is 0 Å². The lowest BCUT2D eigenvalue weighted by molar-refractivity contribution is -0.203. The molecule has 0 saturated heterocycles. The van der Waals surface area contributed by atoms with Crippen LogP contribution in [0.15, 0.2) is 34.8 Å². The summed E-state index contributed by atoms with van der Waals surface area (Å²) >= 11 is 0. The molecule has 0 amide bonds. The Morgan fingerprint density at radius 2 is 1.79 bits per heavy atom. The Morgan fingerprint density at radius 3 is 2.37 bits per heavy atom. The molecule has 0 aromatic carbocycles. The summed E-state index contributed by atoms with van der Waals surface area (Å²) < 4.78 is 22.3. The first-order chi connectivity index (χ1) is 9.22. The van der Waals surface area contributed by atoms with E-state index in [1.54, 1.807) is 28.4 Å². The van der Waals surface area contributed by atoms with Crippen molar-refractivity contribution < 1.29 is 18.9 Å². The first kappa shape index (κ1) is 14.2. The average molecular weight is 266 g/mol. The average Bonchev–Trinajstić information content (AvgIpc) is 2.69. The molecular weight excluding hydrogens is 244 g/mol. The van der Waals surface area contributed by atoms with Crippen LogP contribution < -0.4 is 0 Å². The van der Waals surface area contributed by atoms with Crippen LogP contribution in [-0.2, 0) is 18.9 Å². The van der Waals surface area contributed by atoms with E-state index in [0.29, 0.717) is 17.9 Å². The standard InChI is InChI=1S/C15H22O4/c1-16-13-12-9-7-5-6-8-11(12)10-15(18-3,19-4)14(13)17-2/h7,9H,5-6,8,10H2,1-4H3. The van der Waals surface area contributed by atoms with Gasteiger partial charge in [-0.2, -0.15) is 0 Å². The van der Waals surface area contributed by atoms with Crippen molar-refractivity contribution in [3.8, 4) is 0 Å². The second-order valence-corrected chi connectivity index (χ2v) is 4.72. The quantitative estimate of drug-likeness (QED) is 0.733. The highest BCUT2D eigenvalue weighted by Crippen LogP contribution is 2.43. The minimum atomic E-state index is -0.878. The predicted octanol–water partition coefficient (Wildman–Crippen LogP) is 2.92. The van der Waals surface area contributed by atoms with E-state index in [-0.39, 0.29) is 0 Å². The maximum Gasteiger partial charge on any atom is 0.235 e. The SMILES string of the molecule is COC1=C(OC)C(OC)(OC)CC2=C1C=CCCC2. The van der Waals surface area contributed by atoms with Crippen molar-refractivity contribution in [2.45, 2.75) is 31.5 Å². The molecule has 19 heavy (non-hydrogen) atoms. The van der Waals surface area contributed by atoms with E-state index in [0.717, 1.165) is 24.8 Å². The zero-order valence-corrected chi connectivity index (χ0v) is 12.1. The molecule has 0 aliphatic heterocycles. The molecule has 0 radical (unpaired) electrons. The lowest BCUT2D eigenvalue weighted by Crippen LogP contribution is -2.41. The summed E-state index contributed by atoms with van der Waals surface area (Å²) in [7, 11) is 6.54. The van der Waals surface area contributed by atoms with Crippen molar-refractivity contribution in [1.29, 1.82) is 0 Å². The smallest absolute Gasteiger partial charge is 0.235 e. The number of ether oxygens (including phenoxy) is 4. The van der Waals surface area contributed by atoms with Gasteiger partial charge in [-0.3, -0.25) is 0 Å². The van der Waals surface area contributed by atoms with Gasteiger partial charge in [-0.15, -0.1) is 0 Å². The largest absolute Gasteiger partial charge is 0.492 e. The van der Waals surface area contributed by atoms with Crippen molar-refractivity contribution in [2.24, 2.45) is 0 Å². The fourth-order valence-electron chi connectivity index (χ4n) is 2.83. The molecule has 2 rings (SSSR count). The lowest BCUT2D eigenvalue weighted by Gasteiger charge is -2.37. The summed E-state index contributed by atoms with van der Waals surface area (Å²) in [5, 5.41) is 0.